The molecule has 9 heteroatoms. The Labute approximate surface area is 230 Å². The van der Waals surface area contributed by atoms with E-state index in [1.807, 2.05) is 30.3 Å². The number of aliphatic carboxylic acids is 1. The van der Waals surface area contributed by atoms with Gasteiger partial charge in [-0.2, -0.15) is 0 Å². The number of alkyl carbamates (subject to hydrolysis) is 1. The van der Waals surface area contributed by atoms with Gasteiger partial charge < -0.3 is 29.4 Å². The molecule has 3 N–H and O–H groups in total. The number of carboxylic acid groups (broad SMARTS) is 1. The van der Waals surface area contributed by atoms with Crippen LogP contribution in [-0.4, -0.2) is 67.7 Å². The van der Waals surface area contributed by atoms with Gasteiger partial charge in [-0.05, 0) is 56.3 Å². The van der Waals surface area contributed by atoms with Crippen LogP contribution in [0.1, 0.15) is 74.8 Å². The van der Waals surface area contributed by atoms with Crippen molar-refractivity contribution in [3.63, 3.8) is 0 Å². The third-order valence-corrected chi connectivity index (χ3v) is 13.0. The maximum absolute atomic E-state index is 12.2. The van der Waals surface area contributed by atoms with Crippen molar-refractivity contribution in [1.82, 2.24) is 5.32 Å². The van der Waals surface area contributed by atoms with Crippen LogP contribution < -0.4 is 5.32 Å². The van der Waals surface area contributed by atoms with Gasteiger partial charge in [0, 0.05) is 5.92 Å². The maximum Gasteiger partial charge on any atom is 0.408 e. The predicted octanol–water partition coefficient (Wildman–Crippen LogP) is 5.78. The topological polar surface area (TPSA) is 114 Å². The fourth-order valence-electron chi connectivity index (χ4n) is 5.38. The number of carbonyl (C=O) groups is 2. The Morgan fingerprint density at radius 3 is 1.87 bits per heavy atom. The van der Waals surface area contributed by atoms with Crippen LogP contribution in [0.25, 0.3) is 0 Å². The molecule has 1 rings (SSSR count). The van der Waals surface area contributed by atoms with Gasteiger partial charge in [-0.3, -0.25) is 0 Å². The van der Waals surface area contributed by atoms with Gasteiger partial charge in [0.25, 0.3) is 0 Å². The minimum atomic E-state index is -2.34. The number of ether oxygens (including phenoxy) is 2. The largest absolute Gasteiger partial charge is 0.480 e. The molecule has 0 aliphatic rings. The molecule has 4 atom stereocenters. The van der Waals surface area contributed by atoms with Gasteiger partial charge >= 0.3 is 12.1 Å². The Bertz CT molecular complexity index is 830. The Hall–Kier alpha value is -1.94. The van der Waals surface area contributed by atoms with Crippen molar-refractivity contribution in [3.8, 4) is 0 Å². The average molecular weight is 554 g/mol. The van der Waals surface area contributed by atoms with Crippen LogP contribution in [0.3, 0.4) is 0 Å². The number of aliphatic hydroxyl groups excluding tert-OH is 1. The van der Waals surface area contributed by atoms with Gasteiger partial charge in [-0.25, -0.2) is 9.59 Å². The molecule has 0 radical (unpaired) electrons. The standard InChI is InChI=1S/C29H51NO7Si/c1-19(2)38(20(3)4,21(5)6)37-26(22(7)31)24(16-23-14-12-11-13-15-23)17-35-18-25(27(32)33)30-28(34)36-29(8,9)10/h11-15,19-22,24-26,31H,16-18H2,1-10H3,(H,30,34)(H,32,33)/t22-,24+,25?,26-/m0/s1. The van der Waals surface area contributed by atoms with Crippen molar-refractivity contribution in [3.05, 3.63) is 35.9 Å². The molecule has 0 aliphatic heterocycles. The van der Waals surface area contributed by atoms with E-state index in [4.69, 9.17) is 13.9 Å². The lowest BCUT2D eigenvalue weighted by molar-refractivity contribution is -0.141. The van der Waals surface area contributed by atoms with Crippen molar-refractivity contribution in [2.75, 3.05) is 13.2 Å². The van der Waals surface area contributed by atoms with Crippen LogP contribution in [0, 0.1) is 5.92 Å². The summed E-state index contributed by atoms with van der Waals surface area (Å²) in [6, 6.07) is 8.65. The lowest BCUT2D eigenvalue weighted by Crippen LogP contribution is -2.54. The second-order valence-corrected chi connectivity index (χ2v) is 17.6. The predicted molar refractivity (Wildman–Crippen MR) is 153 cm³/mol. The number of benzene rings is 1. The zero-order valence-corrected chi connectivity index (χ0v) is 26.0. The van der Waals surface area contributed by atoms with E-state index in [9.17, 15) is 19.8 Å². The number of nitrogens with one attached hydrogen (secondary N) is 1. The molecule has 0 heterocycles. The first-order valence-electron chi connectivity index (χ1n) is 13.7. The lowest BCUT2D eigenvalue weighted by atomic mass is 9.92. The fourth-order valence-corrected chi connectivity index (χ4v) is 11.1. The molecule has 0 saturated heterocycles. The van der Waals surface area contributed by atoms with E-state index in [0.29, 0.717) is 23.0 Å². The molecule has 1 aromatic rings. The second kappa shape index (κ2) is 15.0. The molecule has 1 amide bonds. The number of rotatable bonds is 15. The van der Waals surface area contributed by atoms with Crippen LogP contribution in [-0.2, 0) is 25.1 Å². The third kappa shape index (κ3) is 10.3. The Morgan fingerprint density at radius 2 is 1.45 bits per heavy atom. The number of aliphatic hydroxyl groups is 1. The van der Waals surface area contributed by atoms with E-state index in [1.54, 1.807) is 27.7 Å². The van der Waals surface area contributed by atoms with E-state index in [-0.39, 0.29) is 19.1 Å². The van der Waals surface area contributed by atoms with Gasteiger partial charge in [-0.1, -0.05) is 71.9 Å². The van der Waals surface area contributed by atoms with Crippen LogP contribution in [0.2, 0.25) is 16.6 Å². The monoisotopic (exact) mass is 553 g/mol. The molecule has 1 unspecified atom stereocenters. The Kier molecular flexibility index (Phi) is 13.5. The molecule has 0 fully saturated rings. The normalized spacial score (nSPS) is 15.8. The molecule has 0 aliphatic carbocycles. The first kappa shape index (κ1) is 34.1. The molecule has 0 saturated carbocycles. The zero-order chi connectivity index (χ0) is 29.3. The van der Waals surface area contributed by atoms with E-state index < -0.39 is 44.2 Å². The molecule has 0 aromatic heterocycles. The number of hydrogen-bond acceptors (Lipinski definition) is 6. The summed E-state index contributed by atoms with van der Waals surface area (Å²) in [4.78, 5) is 24.0. The highest BCUT2D eigenvalue weighted by Gasteiger charge is 2.48. The molecule has 218 valence electrons. The van der Waals surface area contributed by atoms with Crippen LogP contribution in [0.4, 0.5) is 4.79 Å². The SMILES string of the molecule is CC(C)[Si](O[C@H]([C@@H](COCC(NC(=O)OC(C)(C)C)C(=O)O)Cc1ccccc1)[C@H](C)O)(C(C)C)C(C)C. The summed E-state index contributed by atoms with van der Waals surface area (Å²) in [5.74, 6) is -1.46. The number of carboxylic acids is 1. The van der Waals surface area contributed by atoms with Crippen molar-refractivity contribution >= 4 is 20.4 Å². The van der Waals surface area contributed by atoms with Crippen molar-refractivity contribution in [2.24, 2.45) is 5.92 Å². The highest BCUT2D eigenvalue weighted by molar-refractivity contribution is 6.77. The van der Waals surface area contributed by atoms with Crippen LogP contribution in [0.15, 0.2) is 30.3 Å². The summed E-state index contributed by atoms with van der Waals surface area (Å²) < 4.78 is 18.2. The molecular formula is C29H51NO7Si. The Balaban J connectivity index is 3.20. The first-order chi connectivity index (χ1) is 17.5. The van der Waals surface area contributed by atoms with Gasteiger partial charge in [-0.15, -0.1) is 0 Å². The third-order valence-electron chi connectivity index (χ3n) is 6.93. The van der Waals surface area contributed by atoms with Gasteiger partial charge in [0.1, 0.15) is 5.60 Å². The number of amides is 1. The van der Waals surface area contributed by atoms with Crippen molar-refractivity contribution in [1.29, 1.82) is 0 Å². The van der Waals surface area contributed by atoms with Gasteiger partial charge in [0.2, 0.25) is 8.32 Å². The molecule has 8 nitrogen and oxygen atoms in total. The van der Waals surface area contributed by atoms with Crippen molar-refractivity contribution < 1.29 is 33.7 Å². The molecule has 0 spiro atoms. The van der Waals surface area contributed by atoms with Crippen LogP contribution in [0.5, 0.6) is 0 Å². The molecule has 38 heavy (non-hydrogen) atoms. The summed E-state index contributed by atoms with van der Waals surface area (Å²) in [5.41, 5.74) is 1.31. The minimum absolute atomic E-state index is 0.156. The summed E-state index contributed by atoms with van der Waals surface area (Å²) in [7, 11) is -2.34. The fraction of sp³-hybridized carbons (Fsp3) is 0.724. The molecule has 0 bridgehead atoms. The molecule has 1 aromatic carbocycles. The summed E-state index contributed by atoms with van der Waals surface area (Å²) in [6.07, 6.45) is -1.49. The van der Waals surface area contributed by atoms with E-state index in [2.05, 4.69) is 46.9 Å². The molecular weight excluding hydrogens is 502 g/mol. The first-order valence-corrected chi connectivity index (χ1v) is 15.8. The van der Waals surface area contributed by atoms with Gasteiger partial charge in [0.05, 0.1) is 25.4 Å². The zero-order valence-electron chi connectivity index (χ0n) is 25.0. The van der Waals surface area contributed by atoms with E-state index in [0.717, 1.165) is 5.56 Å². The second-order valence-electron chi connectivity index (χ2n) is 12.2. The average Bonchev–Trinajstić information content (AvgIpc) is 2.76. The number of hydrogen-bond donors (Lipinski definition) is 3. The maximum atomic E-state index is 12.2. The minimum Gasteiger partial charge on any atom is -0.480 e. The van der Waals surface area contributed by atoms with Crippen molar-refractivity contribution in [2.45, 2.75) is 116 Å². The number of carbonyl (C=O) groups excluding carboxylic acids is 1. The highest BCUT2D eigenvalue weighted by atomic mass is 28.4. The lowest BCUT2D eigenvalue weighted by Gasteiger charge is -2.47. The quantitative estimate of drug-likeness (QED) is 0.236. The Morgan fingerprint density at radius 1 is 0.921 bits per heavy atom. The van der Waals surface area contributed by atoms with E-state index >= 15 is 0 Å². The summed E-state index contributed by atoms with van der Waals surface area (Å²) >= 11 is 0. The summed E-state index contributed by atoms with van der Waals surface area (Å²) in [5, 5.41) is 23.0. The smallest absolute Gasteiger partial charge is 0.408 e. The van der Waals surface area contributed by atoms with Gasteiger partial charge in [0.15, 0.2) is 6.04 Å². The van der Waals surface area contributed by atoms with E-state index in [1.165, 1.54) is 0 Å². The highest BCUT2D eigenvalue weighted by Crippen LogP contribution is 2.44. The summed E-state index contributed by atoms with van der Waals surface area (Å²) in [6.45, 7) is 20.0. The van der Waals surface area contributed by atoms with Crippen LogP contribution >= 0.6 is 0 Å².